The lowest BCUT2D eigenvalue weighted by atomic mass is 10.0. The van der Waals surface area contributed by atoms with Gasteiger partial charge in [-0.25, -0.2) is 5.01 Å². The standard InChI is InChI=1S/C21H26N4O3/c1-5-20(26)24(3)14-21(27)25-19(15-8-10-16(28-4)11-9-15)13-17(22-25)18-7-6-12-23(18)2/h6-12,19H,5,13-14H2,1-4H3. The number of likely N-dealkylation sites (N-methyl/N-ethyl adjacent to an activating group) is 1. The molecule has 1 aromatic carbocycles. The summed E-state index contributed by atoms with van der Waals surface area (Å²) in [6, 6.07) is 11.4. The minimum Gasteiger partial charge on any atom is -0.497 e. The number of aryl methyl sites for hydroxylation is 1. The third-order valence-electron chi connectivity index (χ3n) is 5.01. The molecule has 28 heavy (non-hydrogen) atoms. The predicted octanol–water partition coefficient (Wildman–Crippen LogP) is 2.58. The van der Waals surface area contributed by atoms with E-state index >= 15 is 0 Å². The van der Waals surface area contributed by atoms with Crippen LogP contribution in [0.2, 0.25) is 0 Å². The number of carbonyl (C=O) groups is 2. The van der Waals surface area contributed by atoms with Crippen LogP contribution in [0.25, 0.3) is 0 Å². The van der Waals surface area contributed by atoms with Gasteiger partial charge in [-0.3, -0.25) is 9.59 Å². The highest BCUT2D eigenvalue weighted by molar-refractivity contribution is 6.02. The molecule has 7 nitrogen and oxygen atoms in total. The summed E-state index contributed by atoms with van der Waals surface area (Å²) in [6.45, 7) is 1.79. The molecule has 0 aliphatic carbocycles. The summed E-state index contributed by atoms with van der Waals surface area (Å²) in [5.74, 6) is 0.492. The van der Waals surface area contributed by atoms with E-state index in [2.05, 4.69) is 5.10 Å². The Morgan fingerprint density at radius 3 is 2.54 bits per heavy atom. The number of ether oxygens (including phenoxy) is 1. The molecular weight excluding hydrogens is 356 g/mol. The molecule has 1 aromatic heterocycles. The molecule has 0 N–H and O–H groups in total. The summed E-state index contributed by atoms with van der Waals surface area (Å²) in [4.78, 5) is 26.3. The molecule has 1 unspecified atom stereocenters. The highest BCUT2D eigenvalue weighted by Crippen LogP contribution is 2.33. The summed E-state index contributed by atoms with van der Waals surface area (Å²) in [6.07, 6.45) is 2.93. The van der Waals surface area contributed by atoms with Gasteiger partial charge in [-0.05, 0) is 29.8 Å². The maximum absolute atomic E-state index is 13.0. The lowest BCUT2D eigenvalue weighted by molar-refractivity contribution is -0.140. The molecule has 148 valence electrons. The van der Waals surface area contributed by atoms with Crippen LogP contribution in [0.3, 0.4) is 0 Å². The minimum absolute atomic E-state index is 0.00322. The van der Waals surface area contributed by atoms with Crippen LogP contribution in [0.5, 0.6) is 5.75 Å². The number of hydrogen-bond donors (Lipinski definition) is 0. The normalized spacial score (nSPS) is 16.1. The number of hydrazone groups is 1. The molecule has 1 aliphatic heterocycles. The van der Waals surface area contributed by atoms with Gasteiger partial charge in [0, 0.05) is 33.1 Å². The molecule has 0 saturated carbocycles. The molecule has 0 spiro atoms. The van der Waals surface area contributed by atoms with Gasteiger partial charge in [-0.2, -0.15) is 5.10 Å². The van der Waals surface area contributed by atoms with Crippen LogP contribution in [0.1, 0.15) is 37.1 Å². The fraction of sp³-hybridized carbons (Fsp3) is 0.381. The van der Waals surface area contributed by atoms with Crippen molar-refractivity contribution >= 4 is 17.5 Å². The van der Waals surface area contributed by atoms with Gasteiger partial charge in [0.1, 0.15) is 12.3 Å². The quantitative estimate of drug-likeness (QED) is 0.771. The monoisotopic (exact) mass is 382 g/mol. The minimum atomic E-state index is -0.214. The molecule has 1 atom stereocenters. The van der Waals surface area contributed by atoms with Crippen LogP contribution in [-0.2, 0) is 16.6 Å². The van der Waals surface area contributed by atoms with E-state index in [1.165, 1.54) is 9.91 Å². The first-order chi connectivity index (χ1) is 13.4. The van der Waals surface area contributed by atoms with Gasteiger partial charge in [0.25, 0.3) is 5.91 Å². The third-order valence-corrected chi connectivity index (χ3v) is 5.01. The molecule has 0 bridgehead atoms. The Kier molecular flexibility index (Phi) is 5.82. The number of hydrogen-bond acceptors (Lipinski definition) is 4. The first-order valence-electron chi connectivity index (χ1n) is 9.33. The van der Waals surface area contributed by atoms with Gasteiger partial charge >= 0.3 is 0 Å². The number of nitrogens with zero attached hydrogens (tertiary/aromatic N) is 4. The zero-order valence-corrected chi connectivity index (χ0v) is 16.8. The molecule has 7 heteroatoms. The number of aromatic nitrogens is 1. The lowest BCUT2D eigenvalue weighted by Crippen LogP contribution is -2.38. The van der Waals surface area contributed by atoms with E-state index in [1.807, 2.05) is 54.2 Å². The van der Waals surface area contributed by atoms with E-state index in [0.717, 1.165) is 22.7 Å². The van der Waals surface area contributed by atoms with Gasteiger partial charge in [0.15, 0.2) is 0 Å². The van der Waals surface area contributed by atoms with Gasteiger partial charge in [0.05, 0.1) is 24.6 Å². The van der Waals surface area contributed by atoms with E-state index in [1.54, 1.807) is 21.1 Å². The van der Waals surface area contributed by atoms with Gasteiger partial charge in [-0.1, -0.05) is 19.1 Å². The van der Waals surface area contributed by atoms with E-state index in [-0.39, 0.29) is 24.4 Å². The van der Waals surface area contributed by atoms with Crippen molar-refractivity contribution in [2.75, 3.05) is 20.7 Å². The summed E-state index contributed by atoms with van der Waals surface area (Å²) in [5, 5.41) is 6.16. The third kappa shape index (κ3) is 3.93. The average Bonchev–Trinajstić information content (AvgIpc) is 3.33. The fourth-order valence-corrected chi connectivity index (χ4v) is 3.38. The van der Waals surface area contributed by atoms with Crippen molar-refractivity contribution in [2.24, 2.45) is 12.1 Å². The van der Waals surface area contributed by atoms with Crippen LogP contribution < -0.4 is 4.74 Å². The number of amides is 2. The first-order valence-corrected chi connectivity index (χ1v) is 9.33. The van der Waals surface area contributed by atoms with Crippen molar-refractivity contribution in [2.45, 2.75) is 25.8 Å². The van der Waals surface area contributed by atoms with E-state index in [0.29, 0.717) is 12.8 Å². The maximum Gasteiger partial charge on any atom is 0.262 e. The summed E-state index contributed by atoms with van der Waals surface area (Å²) in [7, 11) is 5.22. The smallest absolute Gasteiger partial charge is 0.262 e. The van der Waals surface area contributed by atoms with Gasteiger partial charge in [0.2, 0.25) is 5.91 Å². The Morgan fingerprint density at radius 1 is 1.25 bits per heavy atom. The molecule has 0 fully saturated rings. The average molecular weight is 382 g/mol. The highest BCUT2D eigenvalue weighted by atomic mass is 16.5. The van der Waals surface area contributed by atoms with E-state index in [4.69, 9.17) is 4.74 Å². The molecule has 2 amide bonds. The van der Waals surface area contributed by atoms with E-state index < -0.39 is 0 Å². The molecule has 2 heterocycles. The summed E-state index contributed by atoms with van der Waals surface area (Å²) in [5.41, 5.74) is 2.81. The van der Waals surface area contributed by atoms with E-state index in [9.17, 15) is 9.59 Å². The van der Waals surface area contributed by atoms with Crippen molar-refractivity contribution < 1.29 is 14.3 Å². The molecule has 3 rings (SSSR count). The Balaban J connectivity index is 1.89. The SMILES string of the molecule is CCC(=O)N(C)CC(=O)N1N=C(c2cccn2C)CC1c1ccc(OC)cc1. The number of methoxy groups -OCH3 is 1. The van der Waals surface area contributed by atoms with Crippen LogP contribution >= 0.6 is 0 Å². The van der Waals surface area contributed by atoms with Gasteiger partial charge < -0.3 is 14.2 Å². The van der Waals surface area contributed by atoms with Crippen molar-refractivity contribution in [1.29, 1.82) is 0 Å². The Hall–Kier alpha value is -3.09. The largest absolute Gasteiger partial charge is 0.497 e. The van der Waals surface area contributed by atoms with Crippen LogP contribution in [-0.4, -0.2) is 52.7 Å². The molecular formula is C21H26N4O3. The van der Waals surface area contributed by atoms with Crippen molar-refractivity contribution in [3.63, 3.8) is 0 Å². The fourth-order valence-electron chi connectivity index (χ4n) is 3.38. The molecule has 1 aliphatic rings. The molecule has 2 aromatic rings. The topological polar surface area (TPSA) is 67.1 Å². The zero-order chi connectivity index (χ0) is 20.3. The zero-order valence-electron chi connectivity index (χ0n) is 16.8. The second-order valence-electron chi connectivity index (χ2n) is 6.89. The Bertz CT molecular complexity index is 885. The number of benzene rings is 1. The van der Waals surface area contributed by atoms with Crippen LogP contribution in [0, 0.1) is 0 Å². The van der Waals surface area contributed by atoms with Crippen LogP contribution in [0.4, 0.5) is 0 Å². The lowest BCUT2D eigenvalue weighted by Gasteiger charge is -2.24. The predicted molar refractivity (Wildman–Crippen MR) is 107 cm³/mol. The van der Waals surface area contributed by atoms with Crippen molar-refractivity contribution in [3.05, 3.63) is 53.9 Å². The number of rotatable bonds is 6. The van der Waals surface area contributed by atoms with Gasteiger partial charge in [-0.15, -0.1) is 0 Å². The van der Waals surface area contributed by atoms with Crippen molar-refractivity contribution in [1.82, 2.24) is 14.5 Å². The second-order valence-corrected chi connectivity index (χ2v) is 6.89. The second kappa shape index (κ2) is 8.29. The Labute approximate surface area is 165 Å². The molecule has 0 radical (unpaired) electrons. The Morgan fingerprint density at radius 2 is 1.96 bits per heavy atom. The maximum atomic E-state index is 13.0. The molecule has 0 saturated heterocycles. The van der Waals surface area contributed by atoms with Crippen molar-refractivity contribution in [3.8, 4) is 5.75 Å². The first kappa shape index (κ1) is 19.7. The number of carbonyl (C=O) groups excluding carboxylic acids is 2. The summed E-state index contributed by atoms with van der Waals surface area (Å²) < 4.78 is 7.23. The van der Waals surface area contributed by atoms with Crippen LogP contribution in [0.15, 0.2) is 47.7 Å². The highest BCUT2D eigenvalue weighted by Gasteiger charge is 2.34. The summed E-state index contributed by atoms with van der Waals surface area (Å²) >= 11 is 0.